The molecular formula is C24H31N3O2. The summed E-state index contributed by atoms with van der Waals surface area (Å²) in [5.74, 6) is 0.0712. The molecule has 1 saturated heterocycles. The molecule has 1 atom stereocenters. The summed E-state index contributed by atoms with van der Waals surface area (Å²) in [5.41, 5.74) is 3.54. The summed E-state index contributed by atoms with van der Waals surface area (Å²) in [4.78, 5) is 15.8. The Labute approximate surface area is 173 Å². The zero-order valence-corrected chi connectivity index (χ0v) is 17.2. The lowest BCUT2D eigenvalue weighted by Crippen LogP contribution is -2.49. The zero-order valence-electron chi connectivity index (χ0n) is 17.2. The molecule has 2 aliphatic rings. The van der Waals surface area contributed by atoms with Crippen molar-refractivity contribution in [3.63, 3.8) is 0 Å². The lowest BCUT2D eigenvalue weighted by molar-refractivity contribution is -0.123. The Balaban J connectivity index is 1.56. The lowest BCUT2D eigenvalue weighted by atomic mass is 9.79. The van der Waals surface area contributed by atoms with E-state index in [1.807, 2.05) is 18.2 Å². The molecule has 1 amide bonds. The fraction of sp³-hybridized carbons (Fsp3) is 0.458. The van der Waals surface area contributed by atoms with Gasteiger partial charge in [0, 0.05) is 31.3 Å². The normalized spacial score (nSPS) is 18.9. The SMILES string of the molecule is COCC1(CNC(=O)C(c2ccccc2)N2CCc3ccccc32)CCNCC1. The first-order valence-electron chi connectivity index (χ1n) is 10.6. The van der Waals surface area contributed by atoms with E-state index in [1.165, 1.54) is 11.3 Å². The number of benzene rings is 2. The predicted octanol–water partition coefficient (Wildman–Crippen LogP) is 2.92. The second kappa shape index (κ2) is 8.97. The van der Waals surface area contributed by atoms with Gasteiger partial charge in [-0.1, -0.05) is 48.5 Å². The van der Waals surface area contributed by atoms with Gasteiger partial charge >= 0.3 is 0 Å². The Morgan fingerprint density at radius 3 is 2.62 bits per heavy atom. The van der Waals surface area contributed by atoms with Gasteiger partial charge in [-0.3, -0.25) is 4.79 Å². The average Bonchev–Trinajstić information content (AvgIpc) is 3.18. The summed E-state index contributed by atoms with van der Waals surface area (Å²) in [7, 11) is 1.75. The van der Waals surface area contributed by atoms with Crippen molar-refractivity contribution in [1.29, 1.82) is 0 Å². The first kappa shape index (κ1) is 19.9. The Hall–Kier alpha value is -2.37. The minimum atomic E-state index is -0.318. The van der Waals surface area contributed by atoms with E-state index in [1.54, 1.807) is 7.11 Å². The maximum Gasteiger partial charge on any atom is 0.247 e. The highest BCUT2D eigenvalue weighted by atomic mass is 16.5. The maximum absolute atomic E-state index is 13.5. The summed E-state index contributed by atoms with van der Waals surface area (Å²) in [6, 6.07) is 18.2. The van der Waals surface area contributed by atoms with Crippen LogP contribution in [-0.2, 0) is 16.0 Å². The Bertz CT molecular complexity index is 812. The van der Waals surface area contributed by atoms with Crippen molar-refractivity contribution in [2.75, 3.05) is 44.8 Å². The van der Waals surface area contributed by atoms with Gasteiger partial charge in [0.2, 0.25) is 5.91 Å². The predicted molar refractivity (Wildman–Crippen MR) is 116 cm³/mol. The summed E-state index contributed by atoms with van der Waals surface area (Å²) in [6.45, 7) is 4.14. The Morgan fingerprint density at radius 2 is 1.86 bits per heavy atom. The molecule has 0 aromatic heterocycles. The molecule has 29 heavy (non-hydrogen) atoms. The van der Waals surface area contributed by atoms with Crippen LogP contribution in [0.5, 0.6) is 0 Å². The minimum absolute atomic E-state index is 0.0137. The number of amides is 1. The standard InChI is InChI=1S/C24H31N3O2/c1-29-18-24(12-14-25-15-13-24)17-26-23(28)22(20-8-3-2-4-9-20)27-16-11-19-7-5-6-10-21(19)27/h2-10,22,25H,11-18H2,1H3,(H,26,28). The van der Waals surface area contributed by atoms with E-state index in [2.05, 4.69) is 51.9 Å². The van der Waals surface area contributed by atoms with Crippen molar-refractivity contribution < 1.29 is 9.53 Å². The fourth-order valence-electron chi connectivity index (χ4n) is 4.75. The third-order valence-electron chi connectivity index (χ3n) is 6.35. The van der Waals surface area contributed by atoms with Crippen LogP contribution in [0.1, 0.15) is 30.0 Å². The number of ether oxygens (including phenoxy) is 1. The quantitative estimate of drug-likeness (QED) is 0.760. The number of methoxy groups -OCH3 is 1. The van der Waals surface area contributed by atoms with Crippen molar-refractivity contribution in [1.82, 2.24) is 10.6 Å². The molecule has 5 nitrogen and oxygen atoms in total. The topological polar surface area (TPSA) is 53.6 Å². The van der Waals surface area contributed by atoms with Crippen LogP contribution in [0, 0.1) is 5.41 Å². The molecule has 2 aliphatic heterocycles. The smallest absolute Gasteiger partial charge is 0.247 e. The summed E-state index contributed by atoms with van der Waals surface area (Å²) in [6.07, 6.45) is 3.01. The highest BCUT2D eigenvalue weighted by Gasteiger charge is 2.36. The number of hydrogen-bond acceptors (Lipinski definition) is 4. The number of piperidine rings is 1. The van der Waals surface area contributed by atoms with Gasteiger partial charge in [-0.15, -0.1) is 0 Å². The molecule has 2 aromatic carbocycles. The second-order valence-corrected chi connectivity index (χ2v) is 8.29. The van der Waals surface area contributed by atoms with Gasteiger partial charge in [0.05, 0.1) is 6.61 Å². The number of nitrogens with zero attached hydrogens (tertiary/aromatic N) is 1. The van der Waals surface area contributed by atoms with E-state index in [0.29, 0.717) is 13.2 Å². The van der Waals surface area contributed by atoms with Crippen LogP contribution in [-0.4, -0.2) is 45.8 Å². The number of carbonyl (C=O) groups excluding carboxylic acids is 1. The molecule has 0 spiro atoms. The first-order valence-corrected chi connectivity index (χ1v) is 10.6. The zero-order chi connectivity index (χ0) is 20.1. The molecular weight excluding hydrogens is 362 g/mol. The van der Waals surface area contributed by atoms with Crippen LogP contribution in [0.2, 0.25) is 0 Å². The van der Waals surface area contributed by atoms with E-state index >= 15 is 0 Å². The summed E-state index contributed by atoms with van der Waals surface area (Å²) in [5, 5.41) is 6.71. The number of carbonyl (C=O) groups is 1. The molecule has 4 rings (SSSR count). The molecule has 0 bridgehead atoms. The average molecular weight is 394 g/mol. The molecule has 0 aliphatic carbocycles. The molecule has 1 unspecified atom stereocenters. The van der Waals surface area contributed by atoms with Crippen molar-refractivity contribution in [3.05, 3.63) is 65.7 Å². The molecule has 5 heteroatoms. The van der Waals surface area contributed by atoms with Crippen LogP contribution >= 0.6 is 0 Å². The summed E-state index contributed by atoms with van der Waals surface area (Å²) >= 11 is 0. The van der Waals surface area contributed by atoms with E-state index in [-0.39, 0.29) is 17.4 Å². The molecule has 0 saturated carbocycles. The Morgan fingerprint density at radius 1 is 1.14 bits per heavy atom. The van der Waals surface area contributed by atoms with Crippen LogP contribution in [0.4, 0.5) is 5.69 Å². The molecule has 0 radical (unpaired) electrons. The molecule has 2 aromatic rings. The number of anilines is 1. The van der Waals surface area contributed by atoms with Crippen molar-refractivity contribution >= 4 is 11.6 Å². The van der Waals surface area contributed by atoms with Crippen LogP contribution in [0.3, 0.4) is 0 Å². The van der Waals surface area contributed by atoms with Gasteiger partial charge < -0.3 is 20.3 Å². The first-order chi connectivity index (χ1) is 14.2. The molecule has 2 heterocycles. The van der Waals surface area contributed by atoms with Gasteiger partial charge in [-0.25, -0.2) is 0 Å². The number of fused-ring (bicyclic) bond motifs is 1. The van der Waals surface area contributed by atoms with Crippen LogP contribution in [0.15, 0.2) is 54.6 Å². The van der Waals surface area contributed by atoms with Gasteiger partial charge in [0.1, 0.15) is 6.04 Å². The largest absolute Gasteiger partial charge is 0.384 e. The van der Waals surface area contributed by atoms with Gasteiger partial charge in [0.15, 0.2) is 0 Å². The number of hydrogen-bond donors (Lipinski definition) is 2. The van der Waals surface area contributed by atoms with Crippen molar-refractivity contribution in [3.8, 4) is 0 Å². The Kier molecular flexibility index (Phi) is 6.16. The highest BCUT2D eigenvalue weighted by Crippen LogP contribution is 2.35. The van der Waals surface area contributed by atoms with Gasteiger partial charge in [-0.05, 0) is 49.5 Å². The van der Waals surface area contributed by atoms with E-state index in [9.17, 15) is 4.79 Å². The van der Waals surface area contributed by atoms with Crippen molar-refractivity contribution in [2.45, 2.75) is 25.3 Å². The number of nitrogens with one attached hydrogen (secondary N) is 2. The molecule has 2 N–H and O–H groups in total. The maximum atomic E-state index is 13.5. The number of rotatable bonds is 7. The fourth-order valence-corrected chi connectivity index (χ4v) is 4.75. The van der Waals surface area contributed by atoms with E-state index in [4.69, 9.17) is 4.74 Å². The monoisotopic (exact) mass is 393 g/mol. The second-order valence-electron chi connectivity index (χ2n) is 8.29. The lowest BCUT2D eigenvalue weighted by Gasteiger charge is -2.38. The van der Waals surface area contributed by atoms with Gasteiger partial charge in [0.25, 0.3) is 0 Å². The van der Waals surface area contributed by atoms with Crippen molar-refractivity contribution in [2.24, 2.45) is 5.41 Å². The van der Waals surface area contributed by atoms with Crippen LogP contribution in [0.25, 0.3) is 0 Å². The van der Waals surface area contributed by atoms with Gasteiger partial charge in [-0.2, -0.15) is 0 Å². The van der Waals surface area contributed by atoms with E-state index in [0.717, 1.165) is 44.5 Å². The highest BCUT2D eigenvalue weighted by molar-refractivity contribution is 5.87. The molecule has 154 valence electrons. The molecule has 1 fully saturated rings. The summed E-state index contributed by atoms with van der Waals surface area (Å²) < 4.78 is 5.52. The van der Waals surface area contributed by atoms with E-state index < -0.39 is 0 Å². The number of para-hydroxylation sites is 1. The third kappa shape index (κ3) is 4.31. The van der Waals surface area contributed by atoms with Crippen LogP contribution < -0.4 is 15.5 Å². The third-order valence-corrected chi connectivity index (χ3v) is 6.35. The minimum Gasteiger partial charge on any atom is -0.384 e.